The predicted molar refractivity (Wildman–Crippen MR) is 75.7 cm³/mol. The lowest BCUT2D eigenvalue weighted by molar-refractivity contribution is -0.157. The van der Waals surface area contributed by atoms with Gasteiger partial charge in [-0.25, -0.2) is 4.79 Å². The summed E-state index contributed by atoms with van der Waals surface area (Å²) in [5, 5.41) is 6.54. The van der Waals surface area contributed by atoms with Gasteiger partial charge in [-0.3, -0.25) is 9.48 Å². The molecule has 0 saturated carbocycles. The predicted octanol–water partition coefficient (Wildman–Crippen LogP) is 1.28. The molecule has 0 aromatic carbocycles. The van der Waals surface area contributed by atoms with Crippen molar-refractivity contribution in [3.8, 4) is 0 Å². The van der Waals surface area contributed by atoms with Gasteiger partial charge in [0.05, 0.1) is 5.69 Å². The third kappa shape index (κ3) is 5.26. The maximum atomic E-state index is 11.7. The van der Waals surface area contributed by atoms with E-state index in [0.29, 0.717) is 0 Å². The Morgan fingerprint density at radius 3 is 2.60 bits per heavy atom. The molecule has 1 aromatic rings. The Kier molecular flexibility index (Phi) is 5.07. The quantitative estimate of drug-likeness (QED) is 0.665. The second-order valence-electron chi connectivity index (χ2n) is 5.48. The lowest BCUT2D eigenvalue weighted by Gasteiger charge is -2.22. The molecule has 20 heavy (non-hydrogen) atoms. The summed E-state index contributed by atoms with van der Waals surface area (Å²) < 4.78 is 6.82. The van der Waals surface area contributed by atoms with Gasteiger partial charge >= 0.3 is 5.97 Å². The number of esters is 1. The van der Waals surface area contributed by atoms with Crippen molar-refractivity contribution in [1.82, 2.24) is 15.1 Å². The fraction of sp³-hybridized carbons (Fsp3) is 0.500. The molecule has 1 rings (SSSR count). The van der Waals surface area contributed by atoms with Crippen LogP contribution in [-0.4, -0.2) is 33.3 Å². The highest BCUT2D eigenvalue weighted by atomic mass is 16.6. The Balaban J connectivity index is 2.52. The van der Waals surface area contributed by atoms with Crippen molar-refractivity contribution in [3.63, 3.8) is 0 Å². The fourth-order valence-electron chi connectivity index (χ4n) is 1.42. The molecule has 1 amide bonds. The summed E-state index contributed by atoms with van der Waals surface area (Å²) in [6.45, 7) is 6.93. The molecule has 0 fully saturated rings. The summed E-state index contributed by atoms with van der Waals surface area (Å²) in [6, 6.07) is 1.08. The minimum Gasteiger partial charge on any atom is -0.458 e. The Bertz CT molecular complexity index is 512. The third-order valence-corrected chi connectivity index (χ3v) is 2.38. The van der Waals surface area contributed by atoms with Crippen LogP contribution in [0.1, 0.15) is 33.4 Å². The highest BCUT2D eigenvalue weighted by Crippen LogP contribution is 2.08. The summed E-state index contributed by atoms with van der Waals surface area (Å²) >= 11 is 0. The molecule has 0 spiro atoms. The zero-order valence-electron chi connectivity index (χ0n) is 12.5. The maximum Gasteiger partial charge on any atom is 0.328 e. The van der Waals surface area contributed by atoms with E-state index in [2.05, 4.69) is 10.4 Å². The Hall–Kier alpha value is -2.11. The molecular formula is C14H21N3O3. The minimum atomic E-state index is -0.696. The van der Waals surface area contributed by atoms with Crippen molar-refractivity contribution in [2.75, 3.05) is 0 Å². The van der Waals surface area contributed by atoms with Crippen LogP contribution < -0.4 is 5.32 Å². The molecule has 0 aliphatic heterocycles. The summed E-state index contributed by atoms with van der Waals surface area (Å²) in [5.41, 5.74) is 0.228. The van der Waals surface area contributed by atoms with E-state index in [-0.39, 0.29) is 5.91 Å². The fourth-order valence-corrected chi connectivity index (χ4v) is 1.42. The van der Waals surface area contributed by atoms with Crippen molar-refractivity contribution in [3.05, 3.63) is 24.0 Å². The van der Waals surface area contributed by atoms with E-state index in [9.17, 15) is 9.59 Å². The number of nitrogens with one attached hydrogen (secondary N) is 1. The highest BCUT2D eigenvalue weighted by Gasteiger charge is 2.22. The van der Waals surface area contributed by atoms with Crippen LogP contribution >= 0.6 is 0 Å². The van der Waals surface area contributed by atoms with Crippen LogP contribution in [0.4, 0.5) is 0 Å². The van der Waals surface area contributed by atoms with Gasteiger partial charge in [0.1, 0.15) is 11.6 Å². The van der Waals surface area contributed by atoms with Gasteiger partial charge in [0, 0.05) is 19.3 Å². The summed E-state index contributed by atoms with van der Waals surface area (Å²) in [6.07, 6.45) is 4.63. The normalized spacial score (nSPS) is 13.2. The average molecular weight is 279 g/mol. The number of aromatic nitrogens is 2. The minimum absolute atomic E-state index is 0.357. The van der Waals surface area contributed by atoms with Crippen LogP contribution in [0.3, 0.4) is 0 Å². The number of nitrogens with zero attached hydrogens (tertiary/aromatic N) is 2. The van der Waals surface area contributed by atoms with Crippen molar-refractivity contribution in [2.45, 2.75) is 39.3 Å². The Morgan fingerprint density at radius 1 is 1.45 bits per heavy atom. The summed E-state index contributed by atoms with van der Waals surface area (Å²) in [5.74, 6) is -0.815. The largest absolute Gasteiger partial charge is 0.458 e. The zero-order valence-corrected chi connectivity index (χ0v) is 12.5. The second-order valence-corrected chi connectivity index (χ2v) is 5.48. The van der Waals surface area contributed by atoms with Gasteiger partial charge in [0.15, 0.2) is 0 Å². The number of rotatable bonds is 4. The van der Waals surface area contributed by atoms with E-state index in [4.69, 9.17) is 4.74 Å². The van der Waals surface area contributed by atoms with Crippen molar-refractivity contribution >= 4 is 18.0 Å². The summed E-state index contributed by atoms with van der Waals surface area (Å²) in [4.78, 5) is 23.4. The number of ether oxygens (including phenoxy) is 1. The van der Waals surface area contributed by atoms with E-state index in [1.165, 1.54) is 6.08 Å². The lowest BCUT2D eigenvalue weighted by atomic mass is 10.2. The van der Waals surface area contributed by atoms with Crippen molar-refractivity contribution in [1.29, 1.82) is 0 Å². The van der Waals surface area contributed by atoms with E-state index >= 15 is 0 Å². The number of hydrogen-bond acceptors (Lipinski definition) is 4. The number of aryl methyl sites for hydroxylation is 1. The van der Waals surface area contributed by atoms with Crippen LogP contribution in [0.25, 0.3) is 6.08 Å². The molecule has 0 aliphatic carbocycles. The van der Waals surface area contributed by atoms with E-state index in [1.54, 1.807) is 57.8 Å². The molecule has 0 bridgehead atoms. The lowest BCUT2D eigenvalue weighted by Crippen LogP contribution is -2.41. The van der Waals surface area contributed by atoms with Crippen molar-refractivity contribution < 1.29 is 14.3 Å². The monoisotopic (exact) mass is 279 g/mol. The first kappa shape index (κ1) is 15.9. The first-order valence-electron chi connectivity index (χ1n) is 6.38. The molecule has 6 nitrogen and oxygen atoms in total. The molecule has 1 aromatic heterocycles. The van der Waals surface area contributed by atoms with Gasteiger partial charge in [0.2, 0.25) is 5.91 Å². The van der Waals surface area contributed by atoms with Gasteiger partial charge in [-0.05, 0) is 39.8 Å². The Morgan fingerprint density at radius 2 is 2.10 bits per heavy atom. The van der Waals surface area contributed by atoms with Gasteiger partial charge in [0.25, 0.3) is 0 Å². The molecule has 6 heteroatoms. The van der Waals surface area contributed by atoms with Gasteiger partial charge in [-0.1, -0.05) is 0 Å². The molecule has 0 radical (unpaired) electrons. The van der Waals surface area contributed by atoms with Crippen LogP contribution in [0.15, 0.2) is 18.3 Å². The maximum absolute atomic E-state index is 11.7. The number of carbonyl (C=O) groups is 2. The van der Waals surface area contributed by atoms with Crippen LogP contribution in [0.5, 0.6) is 0 Å². The first-order valence-corrected chi connectivity index (χ1v) is 6.38. The average Bonchev–Trinajstić information content (AvgIpc) is 2.70. The van der Waals surface area contributed by atoms with Crippen LogP contribution in [-0.2, 0) is 21.4 Å². The number of amides is 1. The van der Waals surface area contributed by atoms with Crippen LogP contribution in [0.2, 0.25) is 0 Å². The molecule has 1 heterocycles. The molecule has 1 N–H and O–H groups in total. The number of hydrogen-bond donors (Lipinski definition) is 1. The van der Waals surface area contributed by atoms with Gasteiger partial charge in [-0.15, -0.1) is 0 Å². The standard InChI is InChI=1S/C14H21N3O3/c1-10(13(19)20-14(2,3)4)16-12(18)7-6-11-8-9-15-17(11)5/h6-10H,1-5H3,(H,16,18)/b7-6+/t10-/m1/s1. The van der Waals surface area contributed by atoms with Crippen molar-refractivity contribution in [2.24, 2.45) is 7.05 Å². The molecular weight excluding hydrogens is 258 g/mol. The van der Waals surface area contributed by atoms with E-state index < -0.39 is 17.6 Å². The van der Waals surface area contributed by atoms with Crippen LogP contribution in [0, 0.1) is 0 Å². The Labute approximate surface area is 118 Å². The molecule has 0 aliphatic rings. The smallest absolute Gasteiger partial charge is 0.328 e. The number of carbonyl (C=O) groups excluding carboxylic acids is 2. The molecule has 1 atom stereocenters. The van der Waals surface area contributed by atoms with Gasteiger partial charge in [-0.2, -0.15) is 5.10 Å². The topological polar surface area (TPSA) is 73.2 Å². The molecule has 110 valence electrons. The van der Waals surface area contributed by atoms with Gasteiger partial charge < -0.3 is 10.1 Å². The van der Waals surface area contributed by atoms with E-state index in [1.807, 2.05) is 0 Å². The third-order valence-electron chi connectivity index (χ3n) is 2.38. The second kappa shape index (κ2) is 6.36. The summed E-state index contributed by atoms with van der Waals surface area (Å²) in [7, 11) is 1.78. The SMILES string of the molecule is C[C@@H](NC(=O)/C=C/c1ccnn1C)C(=O)OC(C)(C)C. The first-order chi connectivity index (χ1) is 9.19. The molecule has 0 unspecified atom stereocenters. The zero-order chi connectivity index (χ0) is 15.3. The highest BCUT2D eigenvalue weighted by molar-refractivity contribution is 5.94. The van der Waals surface area contributed by atoms with E-state index in [0.717, 1.165) is 5.69 Å². The molecule has 0 saturated heterocycles.